The van der Waals surface area contributed by atoms with E-state index in [9.17, 15) is 4.79 Å². The molecule has 5 heteroatoms. The Morgan fingerprint density at radius 1 is 1.00 bits per heavy atom. The van der Waals surface area contributed by atoms with Crippen LogP contribution in [0.15, 0.2) is 54.6 Å². The van der Waals surface area contributed by atoms with E-state index in [1.165, 1.54) is 17.1 Å². The maximum absolute atomic E-state index is 12.3. The van der Waals surface area contributed by atoms with Crippen LogP contribution in [0.1, 0.15) is 36.7 Å². The molecule has 1 heterocycles. The molecule has 4 nitrogen and oxygen atoms in total. The predicted molar refractivity (Wildman–Crippen MR) is 98.4 cm³/mol. The van der Waals surface area contributed by atoms with Crippen molar-refractivity contribution >= 4 is 22.6 Å². The van der Waals surface area contributed by atoms with Gasteiger partial charge in [-0.25, -0.2) is 0 Å². The van der Waals surface area contributed by atoms with E-state index in [0.29, 0.717) is 16.5 Å². The quantitative estimate of drug-likeness (QED) is 0.750. The average Bonchev–Trinajstić information content (AvgIpc) is 3.03. The summed E-state index contributed by atoms with van der Waals surface area (Å²) in [5, 5.41) is 3.31. The van der Waals surface area contributed by atoms with Crippen molar-refractivity contribution in [2.45, 2.75) is 26.2 Å². The largest absolute Gasteiger partial charge is 0.297 e. The molecule has 0 bridgehead atoms. The van der Waals surface area contributed by atoms with Crippen molar-refractivity contribution in [2.24, 2.45) is 0 Å². The van der Waals surface area contributed by atoms with Crippen LogP contribution in [0.25, 0.3) is 11.4 Å². The molecule has 0 radical (unpaired) electrons. The van der Waals surface area contributed by atoms with Gasteiger partial charge in [-0.3, -0.25) is 10.1 Å². The second kappa shape index (κ2) is 6.53. The van der Waals surface area contributed by atoms with Crippen molar-refractivity contribution in [1.82, 2.24) is 9.36 Å². The molecule has 0 saturated carbocycles. The van der Waals surface area contributed by atoms with Crippen LogP contribution >= 0.6 is 11.5 Å². The number of nitrogens with one attached hydrogen (secondary N) is 1. The van der Waals surface area contributed by atoms with Gasteiger partial charge in [0.05, 0.1) is 0 Å². The Labute approximate surface area is 145 Å². The van der Waals surface area contributed by atoms with E-state index in [4.69, 9.17) is 0 Å². The molecule has 0 saturated heterocycles. The lowest BCUT2D eigenvalue weighted by Gasteiger charge is -2.18. The lowest BCUT2D eigenvalue weighted by molar-refractivity contribution is 0.102. The highest BCUT2D eigenvalue weighted by Gasteiger charge is 2.15. The number of rotatable bonds is 3. The van der Waals surface area contributed by atoms with Crippen molar-refractivity contribution in [3.63, 3.8) is 0 Å². The number of amides is 1. The molecule has 0 aliphatic rings. The number of nitrogens with zero attached hydrogens (tertiary/aromatic N) is 2. The number of carbonyl (C=O) groups excluding carboxylic acids is 1. The van der Waals surface area contributed by atoms with Gasteiger partial charge in [0.1, 0.15) is 0 Å². The minimum atomic E-state index is -0.175. The molecule has 0 fully saturated rings. The van der Waals surface area contributed by atoms with Crippen molar-refractivity contribution in [3.8, 4) is 11.4 Å². The van der Waals surface area contributed by atoms with Crippen LogP contribution in [-0.2, 0) is 5.41 Å². The van der Waals surface area contributed by atoms with E-state index < -0.39 is 0 Å². The molecule has 3 aromatic rings. The zero-order valence-corrected chi connectivity index (χ0v) is 14.7. The van der Waals surface area contributed by atoms with Gasteiger partial charge in [0, 0.05) is 22.7 Å². The molecule has 1 aromatic heterocycles. The normalized spacial score (nSPS) is 11.3. The number of hydrogen-bond acceptors (Lipinski definition) is 4. The van der Waals surface area contributed by atoms with Gasteiger partial charge in [-0.15, -0.1) is 0 Å². The fourth-order valence-electron chi connectivity index (χ4n) is 2.27. The first kappa shape index (κ1) is 16.3. The summed E-state index contributed by atoms with van der Waals surface area (Å²) in [7, 11) is 0. The van der Waals surface area contributed by atoms with Crippen LogP contribution in [0.5, 0.6) is 0 Å². The monoisotopic (exact) mass is 337 g/mol. The summed E-state index contributed by atoms with van der Waals surface area (Å²) in [5.74, 6) is 0.449. The fraction of sp³-hybridized carbons (Fsp3) is 0.211. The van der Waals surface area contributed by atoms with Crippen molar-refractivity contribution < 1.29 is 4.79 Å². The van der Waals surface area contributed by atoms with E-state index >= 15 is 0 Å². The first-order valence-electron chi connectivity index (χ1n) is 7.74. The number of aromatic nitrogens is 2. The smallest absolute Gasteiger partial charge is 0.257 e. The molecular formula is C19H19N3OS. The molecule has 0 aliphatic carbocycles. The summed E-state index contributed by atoms with van der Waals surface area (Å²) >= 11 is 1.18. The molecule has 3 rings (SSSR count). The third-order valence-electron chi connectivity index (χ3n) is 3.69. The van der Waals surface area contributed by atoms with Gasteiger partial charge in [0.2, 0.25) is 5.13 Å². The van der Waals surface area contributed by atoms with Crippen LogP contribution in [0.3, 0.4) is 0 Å². The van der Waals surface area contributed by atoms with E-state index in [0.717, 1.165) is 5.56 Å². The molecule has 1 amide bonds. The van der Waals surface area contributed by atoms with Gasteiger partial charge >= 0.3 is 0 Å². The lowest BCUT2D eigenvalue weighted by Crippen LogP contribution is -2.14. The minimum absolute atomic E-state index is 0.0683. The van der Waals surface area contributed by atoms with E-state index in [1.54, 1.807) is 0 Å². The zero-order valence-electron chi connectivity index (χ0n) is 13.9. The fourth-order valence-corrected chi connectivity index (χ4v) is 2.85. The third kappa shape index (κ3) is 3.68. The van der Waals surface area contributed by atoms with Crippen molar-refractivity contribution in [2.75, 3.05) is 5.32 Å². The topological polar surface area (TPSA) is 54.9 Å². The van der Waals surface area contributed by atoms with Crippen molar-refractivity contribution in [1.29, 1.82) is 0 Å². The van der Waals surface area contributed by atoms with Crippen LogP contribution in [0.2, 0.25) is 0 Å². The number of carbonyl (C=O) groups is 1. The van der Waals surface area contributed by atoms with E-state index in [1.807, 2.05) is 54.6 Å². The van der Waals surface area contributed by atoms with Gasteiger partial charge in [-0.05, 0) is 23.1 Å². The molecule has 122 valence electrons. The standard InChI is InChI=1S/C19H19N3OS/c1-19(2,3)15-11-9-14(10-12-15)17(23)21-18-20-16(22-24-18)13-7-5-4-6-8-13/h4-12H,1-3H3,(H,20,21,22,23). The van der Waals surface area contributed by atoms with Crippen LogP contribution in [0.4, 0.5) is 5.13 Å². The first-order chi connectivity index (χ1) is 11.4. The number of hydrogen-bond donors (Lipinski definition) is 1. The van der Waals surface area contributed by atoms with Crippen LogP contribution in [-0.4, -0.2) is 15.3 Å². The first-order valence-corrected chi connectivity index (χ1v) is 8.52. The van der Waals surface area contributed by atoms with Crippen molar-refractivity contribution in [3.05, 3.63) is 65.7 Å². The maximum Gasteiger partial charge on any atom is 0.257 e. The summed E-state index contributed by atoms with van der Waals surface area (Å²) in [6.45, 7) is 6.44. The summed E-state index contributed by atoms with van der Waals surface area (Å²) in [4.78, 5) is 16.7. The Morgan fingerprint density at radius 3 is 2.29 bits per heavy atom. The summed E-state index contributed by atoms with van der Waals surface area (Å²) in [6.07, 6.45) is 0. The molecule has 0 atom stereocenters. The molecule has 0 aliphatic heterocycles. The zero-order chi connectivity index (χ0) is 17.2. The lowest BCUT2D eigenvalue weighted by atomic mass is 9.87. The van der Waals surface area contributed by atoms with Gasteiger partial charge < -0.3 is 0 Å². The molecule has 1 N–H and O–H groups in total. The van der Waals surface area contributed by atoms with E-state index in [-0.39, 0.29) is 11.3 Å². The molecule has 2 aromatic carbocycles. The highest BCUT2D eigenvalue weighted by molar-refractivity contribution is 7.10. The highest BCUT2D eigenvalue weighted by Crippen LogP contribution is 2.23. The summed E-state index contributed by atoms with van der Waals surface area (Å²) < 4.78 is 4.30. The summed E-state index contributed by atoms with van der Waals surface area (Å²) in [5.41, 5.74) is 2.81. The van der Waals surface area contributed by atoms with Gasteiger partial charge in [-0.1, -0.05) is 63.2 Å². The Balaban J connectivity index is 1.72. The summed E-state index contributed by atoms with van der Waals surface area (Å²) in [6, 6.07) is 17.4. The minimum Gasteiger partial charge on any atom is -0.297 e. The SMILES string of the molecule is CC(C)(C)c1ccc(C(=O)Nc2nc(-c3ccccc3)ns2)cc1. The third-order valence-corrected chi connectivity index (χ3v) is 4.32. The van der Waals surface area contributed by atoms with Gasteiger partial charge in [0.15, 0.2) is 5.82 Å². The second-order valence-electron chi connectivity index (χ2n) is 6.57. The average molecular weight is 337 g/mol. The predicted octanol–water partition coefficient (Wildman–Crippen LogP) is 4.75. The highest BCUT2D eigenvalue weighted by atomic mass is 32.1. The van der Waals surface area contributed by atoms with Crippen LogP contribution in [0, 0.1) is 0 Å². The maximum atomic E-state index is 12.3. The Hall–Kier alpha value is -2.53. The van der Waals surface area contributed by atoms with Crippen LogP contribution < -0.4 is 5.32 Å². The molecule has 0 spiro atoms. The molecule has 0 unspecified atom stereocenters. The van der Waals surface area contributed by atoms with Gasteiger partial charge in [-0.2, -0.15) is 9.36 Å². The Bertz CT molecular complexity index is 833. The van der Waals surface area contributed by atoms with E-state index in [2.05, 4.69) is 35.4 Å². The van der Waals surface area contributed by atoms with Gasteiger partial charge in [0.25, 0.3) is 5.91 Å². The second-order valence-corrected chi connectivity index (χ2v) is 7.32. The number of benzene rings is 2. The Morgan fingerprint density at radius 2 is 1.67 bits per heavy atom. The molecular weight excluding hydrogens is 318 g/mol. The molecule has 24 heavy (non-hydrogen) atoms. The Kier molecular flexibility index (Phi) is 4.44. The number of anilines is 1.